The number of aromatic nitrogens is 4. The number of benzene rings is 2. The highest BCUT2D eigenvalue weighted by molar-refractivity contribution is 5.71. The van der Waals surface area contributed by atoms with Crippen LogP contribution in [0.25, 0.3) is 22.3 Å². The number of rotatable bonds is 6. The van der Waals surface area contributed by atoms with E-state index in [4.69, 9.17) is 5.11 Å². The lowest BCUT2D eigenvalue weighted by Crippen LogP contribution is -2.28. The molecule has 9 nitrogen and oxygen atoms in total. The number of carbonyl (C=O) groups is 1. The third-order valence-corrected chi connectivity index (χ3v) is 6.04. The van der Waals surface area contributed by atoms with Crippen LogP contribution < -0.4 is 11.0 Å². The smallest absolute Gasteiger partial charge is 0.407 e. The molecule has 10 heteroatoms. The summed E-state index contributed by atoms with van der Waals surface area (Å²) in [4.78, 5) is 36.7. The molecule has 1 aliphatic rings. The SMILES string of the molecule is O=C(O)N1CCC(CNc2ncc3[nH]c(=O)n(Cc4cccc(-c5cccc(F)c5)c4)c3n2)C1. The topological polar surface area (TPSA) is 116 Å². The molecule has 174 valence electrons. The van der Waals surface area contributed by atoms with E-state index in [-0.39, 0.29) is 24.0 Å². The molecule has 5 rings (SSSR count). The lowest BCUT2D eigenvalue weighted by molar-refractivity contribution is 0.154. The van der Waals surface area contributed by atoms with Crippen molar-refractivity contribution in [1.29, 1.82) is 0 Å². The number of halogens is 1. The van der Waals surface area contributed by atoms with Gasteiger partial charge in [-0.25, -0.2) is 19.0 Å². The second-order valence-corrected chi connectivity index (χ2v) is 8.42. The number of H-pyrrole nitrogens is 1. The summed E-state index contributed by atoms with van der Waals surface area (Å²) in [6.07, 6.45) is 1.43. The number of imidazole rings is 1. The fourth-order valence-corrected chi connectivity index (χ4v) is 4.29. The fraction of sp³-hybridized carbons (Fsp3) is 0.250. The van der Waals surface area contributed by atoms with Gasteiger partial charge in [-0.05, 0) is 47.2 Å². The number of aromatic amines is 1. The first-order chi connectivity index (χ1) is 16.5. The minimum atomic E-state index is -0.905. The quantitative estimate of drug-likeness (QED) is 0.405. The van der Waals surface area contributed by atoms with E-state index in [1.165, 1.54) is 21.6 Å². The minimum absolute atomic E-state index is 0.175. The van der Waals surface area contributed by atoms with Gasteiger partial charge in [-0.15, -0.1) is 0 Å². The van der Waals surface area contributed by atoms with Crippen molar-refractivity contribution in [2.24, 2.45) is 5.92 Å². The molecule has 1 atom stereocenters. The van der Waals surface area contributed by atoms with Crippen LogP contribution in [0.5, 0.6) is 0 Å². The summed E-state index contributed by atoms with van der Waals surface area (Å²) in [5.74, 6) is 0.248. The monoisotopic (exact) mass is 462 g/mol. The molecule has 1 saturated heterocycles. The number of carboxylic acid groups (broad SMARTS) is 1. The van der Waals surface area contributed by atoms with Gasteiger partial charge in [0.05, 0.1) is 12.7 Å². The molecular weight excluding hydrogens is 439 g/mol. The van der Waals surface area contributed by atoms with Crippen LogP contribution in [0.15, 0.2) is 59.5 Å². The molecule has 1 aliphatic heterocycles. The highest BCUT2D eigenvalue weighted by Crippen LogP contribution is 2.22. The second kappa shape index (κ2) is 8.97. The Balaban J connectivity index is 1.36. The normalized spacial score (nSPS) is 15.7. The van der Waals surface area contributed by atoms with Gasteiger partial charge < -0.3 is 20.3 Å². The molecule has 2 aromatic carbocycles. The van der Waals surface area contributed by atoms with Crippen molar-refractivity contribution >= 4 is 23.2 Å². The van der Waals surface area contributed by atoms with Crippen molar-refractivity contribution < 1.29 is 14.3 Å². The standard InChI is InChI=1S/C24H23FN6O3/c25-19-6-2-5-18(10-19)17-4-1-3-15(9-17)14-31-21-20(28-23(31)32)12-27-22(29-21)26-11-16-7-8-30(13-16)24(33)34/h1-6,9-10,12,16H,7-8,11,13-14H2,(H,28,32)(H,33,34)(H,26,27,29). The van der Waals surface area contributed by atoms with Crippen LogP contribution in [0.3, 0.4) is 0 Å². The molecule has 1 unspecified atom stereocenters. The lowest BCUT2D eigenvalue weighted by atomic mass is 10.0. The lowest BCUT2D eigenvalue weighted by Gasteiger charge is -2.13. The average molecular weight is 462 g/mol. The molecule has 2 aromatic heterocycles. The molecule has 4 aromatic rings. The number of hydrogen-bond donors (Lipinski definition) is 3. The number of hydrogen-bond acceptors (Lipinski definition) is 5. The summed E-state index contributed by atoms with van der Waals surface area (Å²) in [5.41, 5.74) is 3.18. The maximum absolute atomic E-state index is 13.6. The zero-order chi connectivity index (χ0) is 23.7. The summed E-state index contributed by atoms with van der Waals surface area (Å²) in [5, 5.41) is 12.3. The van der Waals surface area contributed by atoms with Crippen molar-refractivity contribution in [3.8, 4) is 11.1 Å². The van der Waals surface area contributed by atoms with Gasteiger partial charge in [0, 0.05) is 19.6 Å². The first-order valence-corrected chi connectivity index (χ1v) is 11.0. The highest BCUT2D eigenvalue weighted by atomic mass is 19.1. The van der Waals surface area contributed by atoms with E-state index < -0.39 is 6.09 Å². The summed E-state index contributed by atoms with van der Waals surface area (Å²) in [7, 11) is 0. The van der Waals surface area contributed by atoms with E-state index in [0.717, 1.165) is 23.1 Å². The van der Waals surface area contributed by atoms with E-state index in [9.17, 15) is 14.0 Å². The zero-order valence-electron chi connectivity index (χ0n) is 18.2. The van der Waals surface area contributed by atoms with Crippen molar-refractivity contribution in [2.75, 3.05) is 25.0 Å². The molecule has 1 amide bonds. The zero-order valence-corrected chi connectivity index (χ0v) is 18.2. The second-order valence-electron chi connectivity index (χ2n) is 8.42. The maximum atomic E-state index is 13.6. The number of likely N-dealkylation sites (tertiary alicyclic amines) is 1. The molecule has 0 saturated carbocycles. The molecule has 0 spiro atoms. The van der Waals surface area contributed by atoms with Crippen LogP contribution in [0.1, 0.15) is 12.0 Å². The van der Waals surface area contributed by atoms with Gasteiger partial charge in [0.1, 0.15) is 11.3 Å². The van der Waals surface area contributed by atoms with Crippen LogP contribution in [0.2, 0.25) is 0 Å². The predicted molar refractivity (Wildman–Crippen MR) is 125 cm³/mol. The van der Waals surface area contributed by atoms with Crippen LogP contribution in [-0.4, -0.2) is 55.3 Å². The Bertz CT molecular complexity index is 1420. The molecule has 34 heavy (non-hydrogen) atoms. The van der Waals surface area contributed by atoms with Crippen molar-refractivity contribution in [1.82, 2.24) is 24.4 Å². The molecule has 0 radical (unpaired) electrons. The Kier molecular flexibility index (Phi) is 5.70. The molecule has 0 bridgehead atoms. The van der Waals surface area contributed by atoms with Gasteiger partial charge in [0.25, 0.3) is 0 Å². The molecule has 0 aliphatic carbocycles. The number of nitrogens with zero attached hydrogens (tertiary/aromatic N) is 4. The van der Waals surface area contributed by atoms with Gasteiger partial charge >= 0.3 is 11.8 Å². The van der Waals surface area contributed by atoms with Crippen LogP contribution in [-0.2, 0) is 6.54 Å². The largest absolute Gasteiger partial charge is 0.465 e. The number of fused-ring (bicyclic) bond motifs is 1. The summed E-state index contributed by atoms with van der Waals surface area (Å²) in [6.45, 7) is 1.82. The minimum Gasteiger partial charge on any atom is -0.465 e. The maximum Gasteiger partial charge on any atom is 0.407 e. The number of anilines is 1. The summed E-state index contributed by atoms with van der Waals surface area (Å²) in [6, 6.07) is 14.0. The van der Waals surface area contributed by atoms with E-state index in [2.05, 4.69) is 20.3 Å². The predicted octanol–water partition coefficient (Wildman–Crippen LogP) is 3.39. The van der Waals surface area contributed by atoms with E-state index in [0.29, 0.717) is 36.7 Å². The summed E-state index contributed by atoms with van der Waals surface area (Å²) < 4.78 is 15.2. The number of nitrogens with one attached hydrogen (secondary N) is 2. The third kappa shape index (κ3) is 4.47. The molecule has 3 N–H and O–H groups in total. The van der Waals surface area contributed by atoms with E-state index in [1.54, 1.807) is 12.3 Å². The first kappa shape index (κ1) is 21.6. The van der Waals surface area contributed by atoms with Crippen molar-refractivity contribution in [3.05, 3.63) is 76.6 Å². The van der Waals surface area contributed by atoms with Gasteiger partial charge in [0.2, 0.25) is 5.95 Å². The summed E-state index contributed by atoms with van der Waals surface area (Å²) >= 11 is 0. The molecule has 1 fully saturated rings. The third-order valence-electron chi connectivity index (χ3n) is 6.04. The van der Waals surface area contributed by atoms with Crippen molar-refractivity contribution in [3.63, 3.8) is 0 Å². The van der Waals surface area contributed by atoms with Gasteiger partial charge in [-0.3, -0.25) is 4.57 Å². The fourth-order valence-electron chi connectivity index (χ4n) is 4.29. The Morgan fingerprint density at radius 3 is 2.76 bits per heavy atom. The Morgan fingerprint density at radius 1 is 1.21 bits per heavy atom. The highest BCUT2D eigenvalue weighted by Gasteiger charge is 2.25. The first-order valence-electron chi connectivity index (χ1n) is 11.0. The van der Waals surface area contributed by atoms with Crippen LogP contribution >= 0.6 is 0 Å². The van der Waals surface area contributed by atoms with E-state index in [1.807, 2.05) is 30.3 Å². The number of amides is 1. The van der Waals surface area contributed by atoms with Gasteiger partial charge in [0.15, 0.2) is 5.65 Å². The Morgan fingerprint density at radius 2 is 2.00 bits per heavy atom. The van der Waals surface area contributed by atoms with E-state index >= 15 is 0 Å². The Hall–Kier alpha value is -4.21. The molecular formula is C24H23FN6O3. The average Bonchev–Trinajstić information content (AvgIpc) is 3.43. The molecule has 3 heterocycles. The van der Waals surface area contributed by atoms with Crippen molar-refractivity contribution in [2.45, 2.75) is 13.0 Å². The van der Waals surface area contributed by atoms with Gasteiger partial charge in [-0.1, -0.05) is 30.3 Å². The van der Waals surface area contributed by atoms with Gasteiger partial charge in [-0.2, -0.15) is 4.98 Å². The van der Waals surface area contributed by atoms with Crippen LogP contribution in [0, 0.1) is 11.7 Å². The van der Waals surface area contributed by atoms with Crippen LogP contribution in [0.4, 0.5) is 15.1 Å². The Labute approximate surface area is 193 Å².